The van der Waals surface area contributed by atoms with Crippen LogP contribution in [0, 0.1) is 17.5 Å². The van der Waals surface area contributed by atoms with Gasteiger partial charge in [-0.1, -0.05) is 6.08 Å². The molecule has 0 fully saturated rings. The smallest absolute Gasteiger partial charge is 0.194 e. The Labute approximate surface area is 80.0 Å². The van der Waals surface area contributed by atoms with Gasteiger partial charge in [0.2, 0.25) is 0 Å². The molecule has 1 nitrogen and oxygen atoms in total. The molecule has 0 aliphatic carbocycles. The molecule has 0 bridgehead atoms. The van der Waals surface area contributed by atoms with Crippen LogP contribution in [0.4, 0.5) is 13.2 Å². The standard InChI is InChI=1S/C10H10F3N/c1-2-3-9(14)6-4-7(11)10(13)8(12)5-6/h2,4-5,9H,1,3,14H2/t9-/m1/s1. The normalized spacial score (nSPS) is 12.6. The molecule has 14 heavy (non-hydrogen) atoms. The molecule has 0 aliphatic heterocycles. The van der Waals surface area contributed by atoms with Crippen molar-refractivity contribution in [3.8, 4) is 0 Å². The summed E-state index contributed by atoms with van der Waals surface area (Å²) in [5, 5.41) is 0. The third-order valence-electron chi connectivity index (χ3n) is 1.85. The summed E-state index contributed by atoms with van der Waals surface area (Å²) >= 11 is 0. The summed E-state index contributed by atoms with van der Waals surface area (Å²) in [6, 6.07) is 1.23. The Morgan fingerprint density at radius 2 is 1.79 bits per heavy atom. The van der Waals surface area contributed by atoms with Crippen LogP contribution in [-0.4, -0.2) is 0 Å². The Hall–Kier alpha value is -1.29. The molecule has 0 saturated carbocycles. The van der Waals surface area contributed by atoms with Crippen molar-refractivity contribution < 1.29 is 13.2 Å². The van der Waals surface area contributed by atoms with Crippen molar-refractivity contribution in [1.29, 1.82) is 0 Å². The van der Waals surface area contributed by atoms with Gasteiger partial charge in [0.1, 0.15) is 0 Å². The average Bonchev–Trinajstić information content (AvgIpc) is 2.13. The van der Waals surface area contributed by atoms with Crippen molar-refractivity contribution in [2.75, 3.05) is 0 Å². The third kappa shape index (κ3) is 2.14. The minimum atomic E-state index is -1.47. The fourth-order valence-electron chi connectivity index (χ4n) is 1.10. The van der Waals surface area contributed by atoms with Gasteiger partial charge in [0.15, 0.2) is 17.5 Å². The molecule has 0 aliphatic rings. The van der Waals surface area contributed by atoms with Crippen molar-refractivity contribution in [2.45, 2.75) is 12.5 Å². The molecule has 4 heteroatoms. The molecule has 0 spiro atoms. The molecule has 76 valence electrons. The monoisotopic (exact) mass is 201 g/mol. The largest absolute Gasteiger partial charge is 0.324 e. The first-order valence-electron chi connectivity index (χ1n) is 4.07. The molecular formula is C10H10F3N. The van der Waals surface area contributed by atoms with Gasteiger partial charge in [0, 0.05) is 6.04 Å². The molecule has 0 aromatic heterocycles. The number of rotatable bonds is 3. The summed E-state index contributed by atoms with van der Waals surface area (Å²) < 4.78 is 38.0. The zero-order chi connectivity index (χ0) is 10.7. The summed E-state index contributed by atoms with van der Waals surface area (Å²) in [6.45, 7) is 3.45. The lowest BCUT2D eigenvalue weighted by Crippen LogP contribution is -2.10. The van der Waals surface area contributed by atoms with E-state index < -0.39 is 23.5 Å². The van der Waals surface area contributed by atoms with Gasteiger partial charge in [-0.25, -0.2) is 13.2 Å². The van der Waals surface area contributed by atoms with Crippen LogP contribution in [0.3, 0.4) is 0 Å². The maximum atomic E-state index is 12.7. The van der Waals surface area contributed by atoms with E-state index in [0.717, 1.165) is 12.1 Å². The molecule has 0 unspecified atom stereocenters. The van der Waals surface area contributed by atoms with E-state index in [1.807, 2.05) is 0 Å². The van der Waals surface area contributed by atoms with Gasteiger partial charge in [-0.2, -0.15) is 0 Å². The lowest BCUT2D eigenvalue weighted by Gasteiger charge is -2.09. The fraction of sp³-hybridized carbons (Fsp3) is 0.200. The summed E-state index contributed by atoms with van der Waals surface area (Å²) in [6.07, 6.45) is 1.91. The lowest BCUT2D eigenvalue weighted by molar-refractivity contribution is 0.443. The van der Waals surface area contributed by atoms with Crippen LogP contribution in [0.25, 0.3) is 0 Å². The van der Waals surface area contributed by atoms with Crippen molar-refractivity contribution in [2.24, 2.45) is 5.73 Å². The van der Waals surface area contributed by atoms with E-state index in [9.17, 15) is 13.2 Å². The Morgan fingerprint density at radius 1 is 1.29 bits per heavy atom. The number of hydrogen-bond donors (Lipinski definition) is 1. The highest BCUT2D eigenvalue weighted by atomic mass is 19.2. The van der Waals surface area contributed by atoms with Crippen LogP contribution in [0.2, 0.25) is 0 Å². The highest BCUT2D eigenvalue weighted by Crippen LogP contribution is 2.19. The van der Waals surface area contributed by atoms with E-state index in [1.165, 1.54) is 6.08 Å². The van der Waals surface area contributed by atoms with Gasteiger partial charge in [0.25, 0.3) is 0 Å². The molecule has 0 amide bonds. The second-order valence-corrected chi connectivity index (χ2v) is 2.93. The van der Waals surface area contributed by atoms with Crippen molar-refractivity contribution in [3.63, 3.8) is 0 Å². The molecule has 1 atom stereocenters. The zero-order valence-electron chi connectivity index (χ0n) is 7.43. The van der Waals surface area contributed by atoms with E-state index in [4.69, 9.17) is 5.73 Å². The Kier molecular flexibility index (Phi) is 3.30. The Balaban J connectivity index is 3.05. The van der Waals surface area contributed by atoms with Crippen molar-refractivity contribution in [1.82, 2.24) is 0 Å². The lowest BCUT2D eigenvalue weighted by atomic mass is 10.0. The highest BCUT2D eigenvalue weighted by molar-refractivity contribution is 5.22. The van der Waals surface area contributed by atoms with Crippen LogP contribution >= 0.6 is 0 Å². The molecule has 2 N–H and O–H groups in total. The van der Waals surface area contributed by atoms with Gasteiger partial charge in [-0.3, -0.25) is 0 Å². The first kappa shape index (κ1) is 10.8. The molecule has 0 saturated heterocycles. The van der Waals surface area contributed by atoms with Crippen LogP contribution in [0.15, 0.2) is 24.8 Å². The summed E-state index contributed by atoms with van der Waals surface area (Å²) in [5.74, 6) is -3.92. The Bertz CT molecular complexity index is 326. The number of halogens is 3. The van der Waals surface area contributed by atoms with E-state index in [0.29, 0.717) is 6.42 Å². The van der Waals surface area contributed by atoms with Crippen LogP contribution in [0.5, 0.6) is 0 Å². The highest BCUT2D eigenvalue weighted by Gasteiger charge is 2.13. The Morgan fingerprint density at radius 3 is 2.21 bits per heavy atom. The van der Waals surface area contributed by atoms with Gasteiger partial charge in [0.05, 0.1) is 0 Å². The fourth-order valence-corrected chi connectivity index (χ4v) is 1.10. The topological polar surface area (TPSA) is 26.0 Å². The van der Waals surface area contributed by atoms with E-state index in [1.54, 1.807) is 0 Å². The molecule has 0 radical (unpaired) electrons. The first-order chi connectivity index (χ1) is 6.56. The predicted molar refractivity (Wildman–Crippen MR) is 48.1 cm³/mol. The number of nitrogens with two attached hydrogens (primary N) is 1. The zero-order valence-corrected chi connectivity index (χ0v) is 7.43. The second-order valence-electron chi connectivity index (χ2n) is 2.93. The molecular weight excluding hydrogens is 191 g/mol. The minimum absolute atomic E-state index is 0.223. The van der Waals surface area contributed by atoms with Gasteiger partial charge in [-0.05, 0) is 24.1 Å². The van der Waals surface area contributed by atoms with Gasteiger partial charge >= 0.3 is 0 Å². The van der Waals surface area contributed by atoms with Crippen LogP contribution in [-0.2, 0) is 0 Å². The summed E-state index contributed by atoms with van der Waals surface area (Å²) in [5.41, 5.74) is 5.79. The quantitative estimate of drug-likeness (QED) is 0.590. The second kappa shape index (κ2) is 4.28. The first-order valence-corrected chi connectivity index (χ1v) is 4.07. The van der Waals surface area contributed by atoms with Crippen LogP contribution in [0.1, 0.15) is 18.0 Å². The van der Waals surface area contributed by atoms with E-state index in [-0.39, 0.29) is 5.56 Å². The van der Waals surface area contributed by atoms with Crippen molar-refractivity contribution >= 4 is 0 Å². The SMILES string of the molecule is C=CC[C@@H](N)c1cc(F)c(F)c(F)c1. The third-order valence-corrected chi connectivity index (χ3v) is 1.85. The maximum absolute atomic E-state index is 12.7. The van der Waals surface area contributed by atoms with Crippen molar-refractivity contribution in [3.05, 3.63) is 47.8 Å². The van der Waals surface area contributed by atoms with E-state index >= 15 is 0 Å². The van der Waals surface area contributed by atoms with Gasteiger partial charge in [-0.15, -0.1) is 6.58 Å². The summed E-state index contributed by atoms with van der Waals surface area (Å²) in [4.78, 5) is 0. The predicted octanol–water partition coefficient (Wildman–Crippen LogP) is 2.68. The summed E-state index contributed by atoms with van der Waals surface area (Å²) in [7, 11) is 0. The minimum Gasteiger partial charge on any atom is -0.324 e. The average molecular weight is 201 g/mol. The maximum Gasteiger partial charge on any atom is 0.194 e. The van der Waals surface area contributed by atoms with Gasteiger partial charge < -0.3 is 5.73 Å². The molecule has 1 aromatic rings. The number of hydrogen-bond acceptors (Lipinski definition) is 1. The van der Waals surface area contributed by atoms with Crippen LogP contribution < -0.4 is 5.73 Å². The molecule has 0 heterocycles. The van der Waals surface area contributed by atoms with E-state index in [2.05, 4.69) is 6.58 Å². The molecule has 1 rings (SSSR count). The number of benzene rings is 1. The molecule has 1 aromatic carbocycles.